The molecule has 0 radical (unpaired) electrons. The van der Waals surface area contributed by atoms with Gasteiger partial charge in [-0.2, -0.15) is 0 Å². The third-order valence-corrected chi connectivity index (χ3v) is 4.24. The van der Waals surface area contributed by atoms with Crippen LogP contribution in [0.5, 0.6) is 0 Å². The summed E-state index contributed by atoms with van der Waals surface area (Å²) in [5, 5.41) is 13.4. The van der Waals surface area contributed by atoms with Crippen LogP contribution in [0.3, 0.4) is 0 Å². The smallest absolute Gasteiger partial charge is 0.269 e. The maximum Gasteiger partial charge on any atom is 0.269 e. The fourth-order valence-electron chi connectivity index (χ4n) is 2.29. The highest BCUT2D eigenvalue weighted by Crippen LogP contribution is 2.14. The van der Waals surface area contributed by atoms with Crippen LogP contribution >= 0.6 is 22.6 Å². The number of nitrogens with two attached hydrogens (primary N) is 1. The van der Waals surface area contributed by atoms with Gasteiger partial charge >= 0.3 is 0 Å². The highest BCUT2D eigenvalue weighted by Gasteiger charge is 2.19. The molecule has 2 aromatic rings. The molecule has 0 bridgehead atoms. The minimum Gasteiger partial charge on any atom is -0.368 e. The molecule has 7 nitrogen and oxygen atoms in total. The first-order valence-corrected chi connectivity index (χ1v) is 8.49. The maximum absolute atomic E-state index is 12.2. The molecule has 0 fully saturated rings. The molecule has 1 atom stereocenters. The van der Waals surface area contributed by atoms with E-state index in [1.807, 2.05) is 24.3 Å². The lowest BCUT2D eigenvalue weighted by atomic mass is 10.0. The average Bonchev–Trinajstić information content (AvgIpc) is 2.56. The van der Waals surface area contributed by atoms with Gasteiger partial charge in [-0.3, -0.25) is 19.7 Å². The number of nitro benzene ring substituents is 1. The molecule has 8 heteroatoms. The van der Waals surface area contributed by atoms with E-state index in [9.17, 15) is 19.7 Å². The van der Waals surface area contributed by atoms with E-state index in [2.05, 4.69) is 27.9 Å². The number of hydrogen-bond donors (Lipinski definition) is 2. The summed E-state index contributed by atoms with van der Waals surface area (Å²) in [6.45, 7) is 0. The van der Waals surface area contributed by atoms with Crippen molar-refractivity contribution in [2.45, 2.75) is 18.9 Å². The molecule has 0 saturated heterocycles. The van der Waals surface area contributed by atoms with Gasteiger partial charge in [0.05, 0.1) is 11.3 Å². The fraction of sp³-hybridized carbons (Fsp3) is 0.176. The zero-order chi connectivity index (χ0) is 18.4. The predicted octanol–water partition coefficient (Wildman–Crippen LogP) is 1.95. The van der Waals surface area contributed by atoms with Crippen LogP contribution in [-0.4, -0.2) is 22.8 Å². The summed E-state index contributed by atoms with van der Waals surface area (Å²) in [4.78, 5) is 34.0. The second kappa shape index (κ2) is 8.56. The van der Waals surface area contributed by atoms with Crippen LogP contribution in [-0.2, 0) is 22.4 Å². The van der Waals surface area contributed by atoms with E-state index in [0.29, 0.717) is 5.56 Å². The van der Waals surface area contributed by atoms with Crippen molar-refractivity contribution in [3.63, 3.8) is 0 Å². The Morgan fingerprint density at radius 2 is 1.84 bits per heavy atom. The van der Waals surface area contributed by atoms with E-state index in [1.165, 1.54) is 18.2 Å². The van der Waals surface area contributed by atoms with E-state index in [4.69, 9.17) is 5.73 Å². The Morgan fingerprint density at radius 1 is 1.16 bits per heavy atom. The van der Waals surface area contributed by atoms with E-state index in [1.54, 1.807) is 6.07 Å². The topological polar surface area (TPSA) is 115 Å². The van der Waals surface area contributed by atoms with Gasteiger partial charge in [0.15, 0.2) is 0 Å². The van der Waals surface area contributed by atoms with Crippen molar-refractivity contribution in [3.05, 3.63) is 73.3 Å². The van der Waals surface area contributed by atoms with Crippen LogP contribution in [0.2, 0.25) is 0 Å². The quantitative estimate of drug-likeness (QED) is 0.379. The van der Waals surface area contributed by atoms with Gasteiger partial charge in [0.1, 0.15) is 6.04 Å². The average molecular weight is 453 g/mol. The van der Waals surface area contributed by atoms with Crippen LogP contribution < -0.4 is 11.1 Å². The van der Waals surface area contributed by atoms with Gasteiger partial charge in [-0.25, -0.2) is 0 Å². The summed E-state index contributed by atoms with van der Waals surface area (Å²) in [6.07, 6.45) is 0.213. The summed E-state index contributed by atoms with van der Waals surface area (Å²) in [5.74, 6) is -1.05. The zero-order valence-corrected chi connectivity index (χ0v) is 15.3. The summed E-state index contributed by atoms with van der Waals surface area (Å²) in [5.41, 5.74) is 6.65. The molecule has 2 rings (SSSR count). The van der Waals surface area contributed by atoms with Gasteiger partial charge in [0, 0.05) is 22.1 Å². The number of benzene rings is 2. The number of amides is 2. The summed E-state index contributed by atoms with van der Waals surface area (Å²) in [7, 11) is 0. The number of carbonyl (C=O) groups excluding carboxylic acids is 2. The standard InChI is InChI=1S/C17H16IN3O4/c18-13-6-4-11(5-7-13)9-15(17(19)23)20-16(22)10-12-2-1-3-14(8-12)21(24)25/h1-8,15H,9-10H2,(H2,19,23)(H,20,22)/t15-/m0/s1. The second-order valence-corrected chi connectivity index (χ2v) is 6.70. The van der Waals surface area contributed by atoms with Crippen LogP contribution in [0.4, 0.5) is 5.69 Å². The number of carbonyl (C=O) groups is 2. The molecular formula is C17H16IN3O4. The minimum atomic E-state index is -0.841. The van der Waals surface area contributed by atoms with Crippen molar-refractivity contribution in [1.29, 1.82) is 0 Å². The Kier molecular flexibility index (Phi) is 6.45. The van der Waals surface area contributed by atoms with Crippen molar-refractivity contribution in [3.8, 4) is 0 Å². The lowest BCUT2D eigenvalue weighted by Gasteiger charge is -2.15. The van der Waals surface area contributed by atoms with Crippen LogP contribution in [0.1, 0.15) is 11.1 Å². The normalized spacial score (nSPS) is 11.6. The molecule has 0 aliphatic carbocycles. The Morgan fingerprint density at radius 3 is 2.44 bits per heavy atom. The Bertz CT molecular complexity index is 793. The molecule has 2 aromatic carbocycles. The van der Waals surface area contributed by atoms with E-state index >= 15 is 0 Å². The predicted molar refractivity (Wildman–Crippen MR) is 101 cm³/mol. The van der Waals surface area contributed by atoms with E-state index < -0.39 is 22.8 Å². The minimum absolute atomic E-state index is 0.0713. The Labute approximate surface area is 157 Å². The third-order valence-electron chi connectivity index (χ3n) is 3.52. The Balaban J connectivity index is 2.02. The van der Waals surface area contributed by atoms with Gasteiger partial charge in [-0.05, 0) is 45.9 Å². The SMILES string of the molecule is NC(=O)[C@H](Cc1ccc(I)cc1)NC(=O)Cc1cccc([N+](=O)[O-])c1. The number of nitrogens with one attached hydrogen (secondary N) is 1. The summed E-state index contributed by atoms with van der Waals surface area (Å²) in [6, 6.07) is 12.5. The summed E-state index contributed by atoms with van der Waals surface area (Å²) < 4.78 is 1.06. The summed E-state index contributed by atoms with van der Waals surface area (Å²) >= 11 is 2.17. The number of primary amides is 1. The van der Waals surface area contributed by atoms with Gasteiger partial charge in [-0.15, -0.1) is 0 Å². The Hall–Kier alpha value is -2.49. The number of hydrogen-bond acceptors (Lipinski definition) is 4. The molecule has 0 spiro atoms. The lowest BCUT2D eigenvalue weighted by molar-refractivity contribution is -0.384. The van der Waals surface area contributed by atoms with Crippen molar-refractivity contribution >= 4 is 40.1 Å². The molecule has 0 heterocycles. The fourth-order valence-corrected chi connectivity index (χ4v) is 2.65. The number of nitrogens with zero attached hydrogens (tertiary/aromatic N) is 1. The van der Waals surface area contributed by atoms with Crippen molar-refractivity contribution in [2.75, 3.05) is 0 Å². The molecular weight excluding hydrogens is 437 g/mol. The maximum atomic E-state index is 12.2. The highest BCUT2D eigenvalue weighted by molar-refractivity contribution is 14.1. The number of halogens is 1. The third kappa shape index (κ3) is 5.82. The first-order valence-electron chi connectivity index (χ1n) is 7.41. The van der Waals surface area contributed by atoms with Gasteiger partial charge < -0.3 is 11.1 Å². The van der Waals surface area contributed by atoms with Gasteiger partial charge in [0.2, 0.25) is 11.8 Å². The van der Waals surface area contributed by atoms with Gasteiger partial charge in [-0.1, -0.05) is 24.3 Å². The van der Waals surface area contributed by atoms with E-state index in [-0.39, 0.29) is 18.5 Å². The number of rotatable bonds is 7. The first kappa shape index (κ1) is 18.8. The molecule has 0 aliphatic heterocycles. The highest BCUT2D eigenvalue weighted by atomic mass is 127. The zero-order valence-electron chi connectivity index (χ0n) is 13.1. The molecule has 130 valence electrons. The largest absolute Gasteiger partial charge is 0.368 e. The molecule has 0 unspecified atom stereocenters. The van der Waals surface area contributed by atoms with Crippen molar-refractivity contribution in [2.24, 2.45) is 5.73 Å². The number of nitro groups is 1. The van der Waals surface area contributed by atoms with Crippen LogP contribution in [0.25, 0.3) is 0 Å². The molecule has 3 N–H and O–H groups in total. The van der Waals surface area contributed by atoms with Crippen LogP contribution in [0, 0.1) is 13.7 Å². The molecule has 0 aromatic heterocycles. The second-order valence-electron chi connectivity index (χ2n) is 5.46. The van der Waals surface area contributed by atoms with E-state index in [0.717, 1.165) is 9.13 Å². The lowest BCUT2D eigenvalue weighted by Crippen LogP contribution is -2.46. The molecule has 0 aliphatic rings. The van der Waals surface area contributed by atoms with Crippen molar-refractivity contribution in [1.82, 2.24) is 5.32 Å². The van der Waals surface area contributed by atoms with Crippen LogP contribution in [0.15, 0.2) is 48.5 Å². The van der Waals surface area contributed by atoms with Crippen molar-refractivity contribution < 1.29 is 14.5 Å². The number of non-ortho nitro benzene ring substituents is 1. The monoisotopic (exact) mass is 453 g/mol. The molecule has 0 saturated carbocycles. The molecule has 25 heavy (non-hydrogen) atoms. The first-order chi connectivity index (χ1) is 11.8. The molecule has 2 amide bonds. The van der Waals surface area contributed by atoms with Gasteiger partial charge in [0.25, 0.3) is 5.69 Å².